The van der Waals surface area contributed by atoms with E-state index in [0.717, 1.165) is 5.56 Å². The Hall–Kier alpha value is -1.15. The topological polar surface area (TPSA) is 32.6 Å². The summed E-state index contributed by atoms with van der Waals surface area (Å²) in [5.74, 6) is 0. The molecule has 1 unspecified atom stereocenters. The first-order chi connectivity index (χ1) is 6.50. The molecule has 0 bridgehead atoms. The van der Waals surface area contributed by atoms with Gasteiger partial charge >= 0.3 is 0 Å². The molecule has 0 amide bonds. The average molecular weight is 191 g/mol. The van der Waals surface area contributed by atoms with E-state index in [4.69, 9.17) is 0 Å². The molecule has 0 radical (unpaired) electrons. The molecule has 0 saturated heterocycles. The van der Waals surface area contributed by atoms with Gasteiger partial charge in [-0.3, -0.25) is 4.99 Å². The van der Waals surface area contributed by atoms with Gasteiger partial charge in [-0.25, -0.2) is 0 Å². The van der Waals surface area contributed by atoms with E-state index in [-0.39, 0.29) is 6.04 Å². The van der Waals surface area contributed by atoms with Crippen molar-refractivity contribution in [3.8, 4) is 0 Å². The quantitative estimate of drug-likeness (QED) is 0.730. The van der Waals surface area contributed by atoms with Gasteiger partial charge in [0.25, 0.3) is 0 Å². The van der Waals surface area contributed by atoms with Crippen LogP contribution in [0.15, 0.2) is 35.3 Å². The summed E-state index contributed by atoms with van der Waals surface area (Å²) in [7, 11) is 0. The maximum atomic E-state index is 9.65. The van der Waals surface area contributed by atoms with Crippen molar-refractivity contribution in [2.45, 2.75) is 32.4 Å². The molecule has 0 aromatic heterocycles. The molecule has 0 saturated carbocycles. The summed E-state index contributed by atoms with van der Waals surface area (Å²) >= 11 is 0. The van der Waals surface area contributed by atoms with Gasteiger partial charge in [-0.1, -0.05) is 30.3 Å². The van der Waals surface area contributed by atoms with Gasteiger partial charge < -0.3 is 5.11 Å². The highest BCUT2D eigenvalue weighted by Gasteiger charge is 2.20. The first kappa shape index (κ1) is 10.9. The zero-order valence-electron chi connectivity index (χ0n) is 8.94. The van der Waals surface area contributed by atoms with E-state index in [9.17, 15) is 5.11 Å². The molecular formula is C12H17NO. The largest absolute Gasteiger partial charge is 0.388 e. The van der Waals surface area contributed by atoms with Crippen LogP contribution < -0.4 is 0 Å². The third kappa shape index (κ3) is 3.30. The van der Waals surface area contributed by atoms with E-state index in [2.05, 4.69) is 4.99 Å². The second kappa shape index (κ2) is 4.38. The molecule has 1 aromatic rings. The Morgan fingerprint density at radius 1 is 1.29 bits per heavy atom. The fourth-order valence-corrected chi connectivity index (χ4v) is 0.919. The lowest BCUT2D eigenvalue weighted by Gasteiger charge is -2.21. The Morgan fingerprint density at radius 2 is 1.86 bits per heavy atom. The molecule has 1 N–H and O–H groups in total. The van der Waals surface area contributed by atoms with Crippen molar-refractivity contribution in [2.24, 2.45) is 4.99 Å². The Bertz CT molecular complexity index is 298. The number of nitrogens with zero attached hydrogens (tertiary/aromatic N) is 1. The number of benzene rings is 1. The molecule has 0 spiro atoms. The fraction of sp³-hybridized carbons (Fsp3) is 0.417. The van der Waals surface area contributed by atoms with E-state index in [1.807, 2.05) is 37.3 Å². The second-order valence-electron chi connectivity index (χ2n) is 4.02. The maximum Gasteiger partial charge on any atom is 0.0811 e. The third-order valence-electron chi connectivity index (χ3n) is 2.27. The lowest BCUT2D eigenvalue weighted by molar-refractivity contribution is 0.0592. The van der Waals surface area contributed by atoms with Crippen LogP contribution >= 0.6 is 0 Å². The van der Waals surface area contributed by atoms with Gasteiger partial charge in [0.15, 0.2) is 0 Å². The van der Waals surface area contributed by atoms with E-state index in [1.54, 1.807) is 20.1 Å². The molecule has 2 nitrogen and oxygen atoms in total. The maximum absolute atomic E-state index is 9.65. The van der Waals surface area contributed by atoms with E-state index in [1.165, 1.54) is 0 Å². The van der Waals surface area contributed by atoms with E-state index in [0.29, 0.717) is 0 Å². The molecule has 2 heteroatoms. The van der Waals surface area contributed by atoms with Crippen molar-refractivity contribution >= 4 is 6.21 Å². The van der Waals surface area contributed by atoms with Crippen LogP contribution in [-0.4, -0.2) is 23.0 Å². The standard InChI is InChI=1S/C12H17NO/c1-10(12(2,3)14)13-9-11-7-5-4-6-8-11/h4-10,14H,1-3H3. The van der Waals surface area contributed by atoms with Gasteiger partial charge in [-0.15, -0.1) is 0 Å². The first-order valence-electron chi connectivity index (χ1n) is 4.81. The minimum absolute atomic E-state index is 0.0947. The highest BCUT2D eigenvalue weighted by molar-refractivity contribution is 5.79. The smallest absolute Gasteiger partial charge is 0.0811 e. The van der Waals surface area contributed by atoms with Crippen molar-refractivity contribution in [3.05, 3.63) is 35.9 Å². The van der Waals surface area contributed by atoms with Crippen LogP contribution in [-0.2, 0) is 0 Å². The zero-order chi connectivity index (χ0) is 10.6. The molecular weight excluding hydrogens is 174 g/mol. The number of rotatable bonds is 3. The van der Waals surface area contributed by atoms with Crippen molar-refractivity contribution < 1.29 is 5.11 Å². The van der Waals surface area contributed by atoms with Gasteiger partial charge in [0.2, 0.25) is 0 Å². The highest BCUT2D eigenvalue weighted by atomic mass is 16.3. The predicted molar refractivity (Wildman–Crippen MR) is 59.8 cm³/mol. The molecule has 1 aromatic carbocycles. The highest BCUT2D eigenvalue weighted by Crippen LogP contribution is 2.11. The van der Waals surface area contributed by atoms with Gasteiger partial charge in [0.1, 0.15) is 0 Å². The molecule has 0 aliphatic heterocycles. The van der Waals surface area contributed by atoms with Crippen molar-refractivity contribution in [1.29, 1.82) is 0 Å². The van der Waals surface area contributed by atoms with E-state index >= 15 is 0 Å². The van der Waals surface area contributed by atoms with Crippen molar-refractivity contribution in [2.75, 3.05) is 0 Å². The third-order valence-corrected chi connectivity index (χ3v) is 2.27. The number of hydrogen-bond donors (Lipinski definition) is 1. The molecule has 0 aliphatic carbocycles. The van der Waals surface area contributed by atoms with E-state index < -0.39 is 5.60 Å². The molecule has 14 heavy (non-hydrogen) atoms. The lowest BCUT2D eigenvalue weighted by Crippen LogP contribution is -2.31. The van der Waals surface area contributed by atoms with Gasteiger partial charge in [0, 0.05) is 6.21 Å². The Labute approximate surface area is 85.3 Å². The average Bonchev–Trinajstić information content (AvgIpc) is 2.14. The summed E-state index contributed by atoms with van der Waals surface area (Å²) in [5.41, 5.74) is 0.300. The van der Waals surface area contributed by atoms with Gasteiger partial charge in [-0.05, 0) is 26.3 Å². The minimum atomic E-state index is -0.759. The molecule has 1 rings (SSSR count). The molecule has 0 fully saturated rings. The fourth-order valence-electron chi connectivity index (χ4n) is 0.919. The van der Waals surface area contributed by atoms with Gasteiger partial charge in [-0.2, -0.15) is 0 Å². The van der Waals surface area contributed by atoms with Crippen LogP contribution in [0.25, 0.3) is 0 Å². The van der Waals surface area contributed by atoms with Crippen molar-refractivity contribution in [1.82, 2.24) is 0 Å². The van der Waals surface area contributed by atoms with Crippen LogP contribution in [0.3, 0.4) is 0 Å². The zero-order valence-corrected chi connectivity index (χ0v) is 8.94. The van der Waals surface area contributed by atoms with Crippen LogP contribution in [0.1, 0.15) is 26.3 Å². The number of hydrogen-bond acceptors (Lipinski definition) is 2. The van der Waals surface area contributed by atoms with Crippen LogP contribution in [0.4, 0.5) is 0 Å². The number of aliphatic hydroxyl groups is 1. The molecule has 0 heterocycles. The summed E-state index contributed by atoms with van der Waals surface area (Å²) in [4.78, 5) is 4.29. The Balaban J connectivity index is 2.66. The predicted octanol–water partition coefficient (Wildman–Crippen LogP) is 2.26. The summed E-state index contributed by atoms with van der Waals surface area (Å²) < 4.78 is 0. The molecule has 0 aliphatic rings. The minimum Gasteiger partial charge on any atom is -0.388 e. The lowest BCUT2D eigenvalue weighted by atomic mass is 10.0. The normalized spacial score (nSPS) is 14.6. The summed E-state index contributed by atoms with van der Waals surface area (Å²) in [6.45, 7) is 5.43. The summed E-state index contributed by atoms with van der Waals surface area (Å²) in [6, 6.07) is 9.78. The second-order valence-corrected chi connectivity index (χ2v) is 4.02. The molecule has 76 valence electrons. The Kier molecular flexibility index (Phi) is 3.42. The van der Waals surface area contributed by atoms with Gasteiger partial charge in [0.05, 0.1) is 11.6 Å². The monoisotopic (exact) mass is 191 g/mol. The van der Waals surface area contributed by atoms with Crippen molar-refractivity contribution in [3.63, 3.8) is 0 Å². The molecule has 1 atom stereocenters. The summed E-state index contributed by atoms with van der Waals surface area (Å²) in [5, 5.41) is 9.65. The Morgan fingerprint density at radius 3 is 2.36 bits per heavy atom. The van der Waals surface area contributed by atoms with Crippen LogP contribution in [0.5, 0.6) is 0 Å². The first-order valence-corrected chi connectivity index (χ1v) is 4.81. The SMILES string of the molecule is CC(N=Cc1ccccc1)C(C)(C)O. The van der Waals surface area contributed by atoms with Crippen LogP contribution in [0, 0.1) is 0 Å². The van der Waals surface area contributed by atoms with Crippen LogP contribution in [0.2, 0.25) is 0 Å². The summed E-state index contributed by atoms with van der Waals surface area (Å²) in [6.07, 6.45) is 1.79. The number of aliphatic imine (C=N–C) groups is 1.